The predicted octanol–water partition coefficient (Wildman–Crippen LogP) is 3.86. The molecule has 0 spiro atoms. The number of halogens is 1. The van der Waals surface area contributed by atoms with E-state index in [1.54, 1.807) is 23.1 Å². The lowest BCUT2D eigenvalue weighted by Crippen LogP contribution is -2.41. The molecule has 0 N–H and O–H groups in total. The van der Waals surface area contributed by atoms with Gasteiger partial charge in [0, 0.05) is 24.7 Å². The molecule has 0 radical (unpaired) electrons. The van der Waals surface area contributed by atoms with Crippen molar-refractivity contribution in [2.75, 3.05) is 19.7 Å². The number of piperidine rings is 1. The summed E-state index contributed by atoms with van der Waals surface area (Å²) in [5.74, 6) is -0.694. The van der Waals surface area contributed by atoms with E-state index in [4.69, 9.17) is 4.74 Å². The highest BCUT2D eigenvalue weighted by Gasteiger charge is 2.23. The average molecular weight is 381 g/mol. The highest BCUT2D eigenvalue weighted by molar-refractivity contribution is 5.89. The molecule has 1 amide bonds. The molecule has 28 heavy (non-hydrogen) atoms. The number of hydrogen-bond donors (Lipinski definition) is 0. The molecule has 1 saturated heterocycles. The molecule has 146 valence electrons. The molecule has 4 nitrogen and oxygen atoms in total. The van der Waals surface area contributed by atoms with E-state index in [1.165, 1.54) is 17.7 Å². The molecule has 1 aliphatic rings. The molecule has 0 aliphatic carbocycles. The zero-order valence-corrected chi connectivity index (χ0v) is 15.7. The van der Waals surface area contributed by atoms with Crippen LogP contribution in [0, 0.1) is 11.7 Å². The summed E-state index contributed by atoms with van der Waals surface area (Å²) in [6, 6.07) is 16.5. The van der Waals surface area contributed by atoms with Crippen LogP contribution < -0.4 is 0 Å². The maximum atomic E-state index is 13.5. The number of carbonyl (C=O) groups excluding carboxylic acids is 2. The van der Waals surface area contributed by atoms with Crippen LogP contribution in [0.5, 0.6) is 0 Å². The molecule has 0 aromatic heterocycles. The third kappa shape index (κ3) is 5.78. The molecule has 2 aromatic rings. The van der Waals surface area contributed by atoms with Crippen LogP contribution in [0.4, 0.5) is 4.39 Å². The first-order valence-corrected chi connectivity index (χ1v) is 9.53. The molecule has 1 heterocycles. The van der Waals surface area contributed by atoms with Crippen molar-refractivity contribution in [2.45, 2.75) is 19.3 Å². The highest BCUT2D eigenvalue weighted by Crippen LogP contribution is 2.21. The van der Waals surface area contributed by atoms with Gasteiger partial charge in [-0.1, -0.05) is 48.5 Å². The number of benzene rings is 2. The SMILES string of the molecule is O=C(/C=C/c1ccccc1F)OCC(=O)N1CCC(Cc2ccccc2)CC1. The number of carbonyl (C=O) groups is 2. The summed E-state index contributed by atoms with van der Waals surface area (Å²) in [5.41, 5.74) is 1.62. The number of esters is 1. The molecule has 3 rings (SSSR count). The average Bonchev–Trinajstić information content (AvgIpc) is 2.73. The van der Waals surface area contributed by atoms with Crippen molar-refractivity contribution in [1.29, 1.82) is 0 Å². The molecule has 0 unspecified atom stereocenters. The van der Waals surface area contributed by atoms with Gasteiger partial charge in [-0.05, 0) is 42.9 Å². The molecule has 1 fully saturated rings. The Kier molecular flexibility index (Phi) is 6.95. The Balaban J connectivity index is 1.39. The van der Waals surface area contributed by atoms with Crippen LogP contribution in [0.2, 0.25) is 0 Å². The Hall–Kier alpha value is -2.95. The van der Waals surface area contributed by atoms with E-state index in [-0.39, 0.29) is 12.5 Å². The monoisotopic (exact) mass is 381 g/mol. The quantitative estimate of drug-likeness (QED) is 0.564. The van der Waals surface area contributed by atoms with Gasteiger partial charge < -0.3 is 9.64 Å². The van der Waals surface area contributed by atoms with E-state index >= 15 is 0 Å². The second kappa shape index (κ2) is 9.83. The maximum Gasteiger partial charge on any atom is 0.331 e. The second-order valence-corrected chi connectivity index (χ2v) is 6.98. The van der Waals surface area contributed by atoms with Crippen LogP contribution >= 0.6 is 0 Å². The van der Waals surface area contributed by atoms with Gasteiger partial charge in [-0.25, -0.2) is 9.18 Å². The number of hydrogen-bond acceptors (Lipinski definition) is 3. The Morgan fingerprint density at radius 3 is 2.43 bits per heavy atom. The Labute approximate surface area is 164 Å². The summed E-state index contributed by atoms with van der Waals surface area (Å²) < 4.78 is 18.5. The highest BCUT2D eigenvalue weighted by atomic mass is 19.1. The van der Waals surface area contributed by atoms with Gasteiger partial charge in [0.15, 0.2) is 6.61 Å². The lowest BCUT2D eigenvalue weighted by atomic mass is 9.90. The lowest BCUT2D eigenvalue weighted by molar-refractivity contribution is -0.148. The van der Waals surface area contributed by atoms with Gasteiger partial charge >= 0.3 is 5.97 Å². The van der Waals surface area contributed by atoms with E-state index in [0.717, 1.165) is 25.3 Å². The fourth-order valence-electron chi connectivity index (χ4n) is 3.37. The van der Waals surface area contributed by atoms with E-state index in [9.17, 15) is 14.0 Å². The minimum atomic E-state index is -0.657. The van der Waals surface area contributed by atoms with Crippen LogP contribution in [-0.4, -0.2) is 36.5 Å². The Bertz CT molecular complexity index is 827. The van der Waals surface area contributed by atoms with E-state index in [0.29, 0.717) is 24.6 Å². The second-order valence-electron chi connectivity index (χ2n) is 6.98. The minimum Gasteiger partial charge on any atom is -0.452 e. The summed E-state index contributed by atoms with van der Waals surface area (Å²) in [5, 5.41) is 0. The third-order valence-electron chi connectivity index (χ3n) is 4.98. The third-order valence-corrected chi connectivity index (χ3v) is 4.98. The van der Waals surface area contributed by atoms with Crippen LogP contribution in [0.1, 0.15) is 24.0 Å². The normalized spacial score (nSPS) is 15.0. The smallest absolute Gasteiger partial charge is 0.331 e. The summed E-state index contributed by atoms with van der Waals surface area (Å²) in [6.07, 6.45) is 5.40. The van der Waals surface area contributed by atoms with Crippen molar-refractivity contribution in [3.8, 4) is 0 Å². The standard InChI is InChI=1S/C23H24FNO3/c24-21-9-5-4-8-20(21)10-11-23(27)28-17-22(26)25-14-12-19(13-15-25)16-18-6-2-1-3-7-18/h1-11,19H,12-17H2/b11-10+. The van der Waals surface area contributed by atoms with Crippen molar-refractivity contribution in [3.05, 3.63) is 77.6 Å². The first-order chi connectivity index (χ1) is 13.6. The number of amides is 1. The first-order valence-electron chi connectivity index (χ1n) is 9.53. The summed E-state index contributed by atoms with van der Waals surface area (Å²) in [4.78, 5) is 25.8. The minimum absolute atomic E-state index is 0.189. The van der Waals surface area contributed by atoms with Gasteiger partial charge in [0.25, 0.3) is 5.91 Å². The van der Waals surface area contributed by atoms with Crippen molar-refractivity contribution < 1.29 is 18.7 Å². The summed E-state index contributed by atoms with van der Waals surface area (Å²) in [6.45, 7) is 1.07. The molecular formula is C23H24FNO3. The van der Waals surface area contributed by atoms with Crippen LogP contribution in [0.15, 0.2) is 60.7 Å². The zero-order chi connectivity index (χ0) is 19.8. The molecular weight excluding hydrogens is 357 g/mol. The van der Waals surface area contributed by atoms with Gasteiger partial charge in [0.05, 0.1) is 0 Å². The maximum absolute atomic E-state index is 13.5. The number of rotatable bonds is 6. The Morgan fingerprint density at radius 1 is 1.04 bits per heavy atom. The largest absolute Gasteiger partial charge is 0.452 e. The summed E-state index contributed by atoms with van der Waals surface area (Å²) in [7, 11) is 0. The van der Waals surface area contributed by atoms with Gasteiger partial charge in [0.2, 0.25) is 0 Å². The Morgan fingerprint density at radius 2 is 1.71 bits per heavy atom. The van der Waals surface area contributed by atoms with Crippen molar-refractivity contribution in [2.24, 2.45) is 5.92 Å². The summed E-state index contributed by atoms with van der Waals surface area (Å²) >= 11 is 0. The van der Waals surface area contributed by atoms with Gasteiger partial charge in [-0.15, -0.1) is 0 Å². The fourth-order valence-corrected chi connectivity index (χ4v) is 3.37. The molecule has 0 saturated carbocycles. The van der Waals surface area contributed by atoms with Gasteiger partial charge in [-0.2, -0.15) is 0 Å². The van der Waals surface area contributed by atoms with Crippen molar-refractivity contribution in [3.63, 3.8) is 0 Å². The van der Waals surface area contributed by atoms with Crippen LogP contribution in [0.3, 0.4) is 0 Å². The topological polar surface area (TPSA) is 46.6 Å². The fraction of sp³-hybridized carbons (Fsp3) is 0.304. The molecule has 1 aliphatic heterocycles. The number of ether oxygens (including phenoxy) is 1. The molecule has 0 bridgehead atoms. The molecule has 0 atom stereocenters. The predicted molar refractivity (Wildman–Crippen MR) is 106 cm³/mol. The zero-order valence-electron chi connectivity index (χ0n) is 15.7. The lowest BCUT2D eigenvalue weighted by Gasteiger charge is -2.32. The van der Waals surface area contributed by atoms with Crippen molar-refractivity contribution in [1.82, 2.24) is 4.90 Å². The van der Waals surface area contributed by atoms with Crippen LogP contribution in [-0.2, 0) is 20.7 Å². The van der Waals surface area contributed by atoms with Crippen LogP contribution in [0.25, 0.3) is 6.08 Å². The van der Waals surface area contributed by atoms with Gasteiger partial charge in [-0.3, -0.25) is 4.79 Å². The number of nitrogens with zero attached hydrogens (tertiary/aromatic N) is 1. The first kappa shape index (κ1) is 19.8. The molecule has 5 heteroatoms. The van der Waals surface area contributed by atoms with E-state index in [1.807, 2.05) is 18.2 Å². The van der Waals surface area contributed by atoms with E-state index in [2.05, 4.69) is 12.1 Å². The van der Waals surface area contributed by atoms with Crippen molar-refractivity contribution >= 4 is 18.0 Å². The van der Waals surface area contributed by atoms with E-state index < -0.39 is 11.8 Å². The number of likely N-dealkylation sites (tertiary alicyclic amines) is 1. The molecule has 2 aromatic carbocycles. The van der Waals surface area contributed by atoms with Gasteiger partial charge in [0.1, 0.15) is 5.82 Å².